The average Bonchev–Trinajstić information content (AvgIpc) is 2.73. The molecule has 0 amide bonds. The number of anilines is 1. The molecule has 2 heterocycles. The first-order valence-corrected chi connectivity index (χ1v) is 6.05. The zero-order valence-corrected chi connectivity index (χ0v) is 9.50. The van der Waals surface area contributed by atoms with Gasteiger partial charge in [0.05, 0.1) is 23.4 Å². The molecule has 1 fully saturated rings. The smallest absolute Gasteiger partial charge is 0.186 e. The van der Waals surface area contributed by atoms with Gasteiger partial charge in [0.25, 0.3) is 0 Å². The summed E-state index contributed by atoms with van der Waals surface area (Å²) in [6, 6.07) is 5.00. The fourth-order valence-electron chi connectivity index (χ4n) is 1.78. The third kappa shape index (κ3) is 1.72. The summed E-state index contributed by atoms with van der Waals surface area (Å²) in [7, 11) is 0. The molecule has 2 aromatic rings. The van der Waals surface area contributed by atoms with E-state index in [9.17, 15) is 5.11 Å². The fourth-order valence-corrected chi connectivity index (χ4v) is 2.83. The number of rotatable bonds is 1. The zero-order chi connectivity index (χ0) is 11.0. The maximum atomic E-state index is 11.2. The molecular formula is C11H11N2O2S. The average molecular weight is 235 g/mol. The summed E-state index contributed by atoms with van der Waals surface area (Å²) < 4.78 is 6.27. The number of hydrogen-bond donors (Lipinski definition) is 0. The number of ether oxygens (including phenoxy) is 1. The van der Waals surface area contributed by atoms with Crippen molar-refractivity contribution in [1.82, 2.24) is 4.98 Å². The number of fused-ring (bicyclic) bond motifs is 1. The molecule has 1 aromatic carbocycles. The van der Waals surface area contributed by atoms with Crippen molar-refractivity contribution in [2.45, 2.75) is 0 Å². The van der Waals surface area contributed by atoms with Crippen LogP contribution in [-0.4, -0.2) is 31.3 Å². The summed E-state index contributed by atoms with van der Waals surface area (Å²) >= 11 is 1.58. The van der Waals surface area contributed by atoms with Gasteiger partial charge in [-0.2, -0.15) is 0 Å². The lowest BCUT2D eigenvalue weighted by molar-refractivity contribution is 0.122. The molecular weight excluding hydrogens is 224 g/mol. The van der Waals surface area contributed by atoms with Gasteiger partial charge in [-0.15, -0.1) is 0 Å². The molecule has 16 heavy (non-hydrogen) atoms. The molecule has 1 saturated heterocycles. The van der Waals surface area contributed by atoms with Crippen molar-refractivity contribution in [3.05, 3.63) is 18.2 Å². The van der Waals surface area contributed by atoms with Crippen LogP contribution < -0.4 is 4.90 Å². The van der Waals surface area contributed by atoms with E-state index in [4.69, 9.17) is 4.74 Å². The normalized spacial score (nSPS) is 16.9. The van der Waals surface area contributed by atoms with Crippen molar-refractivity contribution < 1.29 is 9.84 Å². The molecule has 0 unspecified atom stereocenters. The van der Waals surface area contributed by atoms with Crippen LogP contribution in [-0.2, 0) is 9.84 Å². The number of aromatic nitrogens is 1. The summed E-state index contributed by atoms with van der Waals surface area (Å²) in [5.74, 6) is 0.0460. The highest BCUT2D eigenvalue weighted by Gasteiger charge is 2.15. The van der Waals surface area contributed by atoms with Crippen LogP contribution in [0.15, 0.2) is 18.2 Å². The lowest BCUT2D eigenvalue weighted by Crippen LogP contribution is -2.36. The summed E-state index contributed by atoms with van der Waals surface area (Å²) in [5, 5.41) is 12.2. The predicted octanol–water partition coefficient (Wildman–Crippen LogP) is 2.28. The fraction of sp³-hybridized carbons (Fsp3) is 0.364. The van der Waals surface area contributed by atoms with E-state index in [0.717, 1.165) is 41.7 Å². The molecule has 0 saturated carbocycles. The summed E-state index contributed by atoms with van der Waals surface area (Å²) in [4.78, 5) is 6.73. The van der Waals surface area contributed by atoms with E-state index < -0.39 is 0 Å². The molecule has 5 heteroatoms. The van der Waals surface area contributed by atoms with Gasteiger partial charge in [-0.1, -0.05) is 11.3 Å². The maximum absolute atomic E-state index is 11.2. The van der Waals surface area contributed by atoms with Gasteiger partial charge in [-0.05, 0) is 12.1 Å². The van der Waals surface area contributed by atoms with Crippen molar-refractivity contribution in [3.63, 3.8) is 0 Å². The number of benzene rings is 1. The van der Waals surface area contributed by atoms with Crippen LogP contribution in [0.3, 0.4) is 0 Å². The van der Waals surface area contributed by atoms with Crippen LogP contribution in [0.25, 0.3) is 10.2 Å². The van der Waals surface area contributed by atoms with Gasteiger partial charge in [0, 0.05) is 19.2 Å². The van der Waals surface area contributed by atoms with Gasteiger partial charge >= 0.3 is 0 Å². The summed E-state index contributed by atoms with van der Waals surface area (Å²) in [5.41, 5.74) is 0.908. The number of thiazole rings is 1. The highest BCUT2D eigenvalue weighted by molar-refractivity contribution is 7.22. The van der Waals surface area contributed by atoms with Crippen molar-refractivity contribution in [3.8, 4) is 5.75 Å². The van der Waals surface area contributed by atoms with E-state index in [-0.39, 0.29) is 5.75 Å². The Hall–Kier alpha value is -1.33. The molecule has 1 radical (unpaired) electrons. The van der Waals surface area contributed by atoms with E-state index >= 15 is 0 Å². The predicted molar refractivity (Wildman–Crippen MR) is 62.8 cm³/mol. The van der Waals surface area contributed by atoms with Crippen LogP contribution in [0.5, 0.6) is 5.75 Å². The third-order valence-electron chi connectivity index (χ3n) is 2.63. The van der Waals surface area contributed by atoms with E-state index in [1.165, 1.54) is 0 Å². The minimum absolute atomic E-state index is 0.0460. The largest absolute Gasteiger partial charge is 0.378 e. The Labute approximate surface area is 97.1 Å². The van der Waals surface area contributed by atoms with Crippen LogP contribution in [0.4, 0.5) is 5.13 Å². The van der Waals surface area contributed by atoms with Crippen molar-refractivity contribution in [2.75, 3.05) is 31.2 Å². The lowest BCUT2D eigenvalue weighted by Gasteiger charge is -2.25. The maximum Gasteiger partial charge on any atom is 0.186 e. The molecule has 0 spiro atoms. The molecule has 1 aliphatic rings. The lowest BCUT2D eigenvalue weighted by atomic mass is 10.3. The Morgan fingerprint density at radius 2 is 2.12 bits per heavy atom. The minimum Gasteiger partial charge on any atom is -0.378 e. The molecule has 3 rings (SSSR count). The molecule has 1 aromatic heterocycles. The van der Waals surface area contributed by atoms with Gasteiger partial charge in [-0.3, -0.25) is 5.11 Å². The number of hydrogen-bond acceptors (Lipinski definition) is 4. The van der Waals surface area contributed by atoms with Crippen molar-refractivity contribution >= 4 is 26.7 Å². The molecule has 0 aliphatic carbocycles. The minimum atomic E-state index is 0.0460. The van der Waals surface area contributed by atoms with E-state index in [1.54, 1.807) is 29.5 Å². The molecule has 1 aliphatic heterocycles. The summed E-state index contributed by atoms with van der Waals surface area (Å²) in [6.07, 6.45) is 0. The SMILES string of the molecule is [O]c1ccc2nc(N3CCOCC3)sc2c1. The zero-order valence-electron chi connectivity index (χ0n) is 8.68. The second-order valence-corrected chi connectivity index (χ2v) is 4.73. The molecule has 4 nitrogen and oxygen atoms in total. The molecule has 83 valence electrons. The highest BCUT2D eigenvalue weighted by Crippen LogP contribution is 2.31. The molecule has 0 N–H and O–H groups in total. The van der Waals surface area contributed by atoms with E-state index in [0.29, 0.717) is 0 Å². The number of nitrogens with zero attached hydrogens (tertiary/aromatic N) is 2. The summed E-state index contributed by atoms with van der Waals surface area (Å²) in [6.45, 7) is 3.26. The Balaban J connectivity index is 1.97. The van der Waals surface area contributed by atoms with Crippen LogP contribution in [0.2, 0.25) is 0 Å². The quantitative estimate of drug-likeness (QED) is 0.761. The first-order valence-electron chi connectivity index (χ1n) is 5.23. The van der Waals surface area contributed by atoms with Gasteiger partial charge < -0.3 is 9.64 Å². The first kappa shape index (κ1) is 9.86. The Morgan fingerprint density at radius 1 is 1.31 bits per heavy atom. The molecule has 0 atom stereocenters. The molecule has 0 bridgehead atoms. The van der Waals surface area contributed by atoms with Crippen LogP contribution >= 0.6 is 11.3 Å². The Morgan fingerprint density at radius 3 is 2.94 bits per heavy atom. The topological polar surface area (TPSA) is 45.3 Å². The third-order valence-corrected chi connectivity index (χ3v) is 3.71. The van der Waals surface area contributed by atoms with Crippen LogP contribution in [0, 0.1) is 0 Å². The Kier molecular flexibility index (Phi) is 2.41. The van der Waals surface area contributed by atoms with Gasteiger partial charge in [0.15, 0.2) is 10.9 Å². The van der Waals surface area contributed by atoms with Crippen molar-refractivity contribution in [2.24, 2.45) is 0 Å². The standard InChI is InChI=1S/C11H11N2O2S/c14-8-1-2-9-10(7-8)16-11(12-9)13-3-5-15-6-4-13/h1-2,7H,3-6H2. The second-order valence-electron chi connectivity index (χ2n) is 3.73. The van der Waals surface area contributed by atoms with E-state index in [2.05, 4.69) is 9.88 Å². The number of morpholine rings is 1. The van der Waals surface area contributed by atoms with Crippen LogP contribution in [0.1, 0.15) is 0 Å². The highest BCUT2D eigenvalue weighted by atomic mass is 32.1. The monoisotopic (exact) mass is 235 g/mol. The van der Waals surface area contributed by atoms with E-state index in [1.807, 2.05) is 0 Å². The van der Waals surface area contributed by atoms with Gasteiger partial charge in [0.1, 0.15) is 0 Å². The van der Waals surface area contributed by atoms with Crippen molar-refractivity contribution in [1.29, 1.82) is 0 Å². The second kappa shape index (κ2) is 3.92. The first-order chi connectivity index (χ1) is 7.83. The van der Waals surface area contributed by atoms with Gasteiger partial charge in [-0.25, -0.2) is 4.98 Å². The Bertz CT molecular complexity index is 506. The van der Waals surface area contributed by atoms with Gasteiger partial charge in [0.2, 0.25) is 0 Å².